The standard InChI is InChI=1S/C22H25N5O3/c1-14-12-17(15(2)23-29-4)10-11-21(14)30-13-19-18(16-8-9-16)6-5-7-20(19)27-22(28)26(3)24-25-27/h5-7,10-12,16H,8-9,13H2,1-4H3. The Morgan fingerprint density at radius 2 is 2.03 bits per heavy atom. The third-order valence-corrected chi connectivity index (χ3v) is 5.35. The Hall–Kier alpha value is -3.42. The molecule has 3 aromatic rings. The van der Waals surface area contributed by atoms with Gasteiger partial charge in [-0.15, -0.1) is 0 Å². The highest BCUT2D eigenvalue weighted by Crippen LogP contribution is 2.43. The van der Waals surface area contributed by atoms with Gasteiger partial charge in [0.05, 0.1) is 11.4 Å². The maximum Gasteiger partial charge on any atom is 0.368 e. The van der Waals surface area contributed by atoms with Crippen LogP contribution < -0.4 is 10.4 Å². The summed E-state index contributed by atoms with van der Waals surface area (Å²) in [6.07, 6.45) is 2.30. The van der Waals surface area contributed by atoms with E-state index in [1.807, 2.05) is 44.2 Å². The van der Waals surface area contributed by atoms with Gasteiger partial charge in [0, 0.05) is 12.6 Å². The van der Waals surface area contributed by atoms with Gasteiger partial charge in [0.2, 0.25) is 0 Å². The normalized spacial score (nSPS) is 14.1. The van der Waals surface area contributed by atoms with Crippen LogP contribution in [0.3, 0.4) is 0 Å². The van der Waals surface area contributed by atoms with Crippen LogP contribution in [-0.4, -0.2) is 32.6 Å². The molecule has 0 aliphatic heterocycles. The zero-order valence-corrected chi connectivity index (χ0v) is 17.6. The van der Waals surface area contributed by atoms with Gasteiger partial charge in [-0.2, -0.15) is 9.36 Å². The number of ether oxygens (including phenoxy) is 1. The minimum Gasteiger partial charge on any atom is -0.489 e. The summed E-state index contributed by atoms with van der Waals surface area (Å²) < 4.78 is 8.77. The van der Waals surface area contributed by atoms with Gasteiger partial charge in [-0.3, -0.25) is 0 Å². The molecule has 0 spiro atoms. The Balaban J connectivity index is 1.66. The number of aromatic nitrogens is 4. The molecule has 8 heteroatoms. The van der Waals surface area contributed by atoms with Crippen molar-refractivity contribution in [2.45, 2.75) is 39.2 Å². The fourth-order valence-electron chi connectivity index (χ4n) is 3.57. The van der Waals surface area contributed by atoms with Crippen LogP contribution in [-0.2, 0) is 18.5 Å². The first-order chi connectivity index (χ1) is 14.5. The summed E-state index contributed by atoms with van der Waals surface area (Å²) in [5.74, 6) is 1.29. The molecule has 1 aromatic heterocycles. The Bertz CT molecular complexity index is 1160. The molecule has 1 saturated carbocycles. The molecule has 8 nitrogen and oxygen atoms in total. The Kier molecular flexibility index (Phi) is 5.39. The molecule has 0 atom stereocenters. The molecule has 1 fully saturated rings. The third kappa shape index (κ3) is 3.85. The highest BCUT2D eigenvalue weighted by Gasteiger charge is 2.28. The van der Waals surface area contributed by atoms with E-state index >= 15 is 0 Å². The molecule has 30 heavy (non-hydrogen) atoms. The van der Waals surface area contributed by atoms with Crippen molar-refractivity contribution in [1.82, 2.24) is 19.8 Å². The Morgan fingerprint density at radius 3 is 2.67 bits per heavy atom. The molecule has 0 bridgehead atoms. The van der Waals surface area contributed by atoms with Gasteiger partial charge in [-0.25, -0.2) is 4.79 Å². The number of hydrogen-bond donors (Lipinski definition) is 0. The third-order valence-electron chi connectivity index (χ3n) is 5.35. The minimum atomic E-state index is -0.280. The molecule has 2 aromatic carbocycles. The quantitative estimate of drug-likeness (QED) is 0.444. The molecule has 1 heterocycles. The molecule has 0 radical (unpaired) electrons. The summed E-state index contributed by atoms with van der Waals surface area (Å²) in [5, 5.41) is 11.9. The number of aryl methyl sites for hydroxylation is 2. The molecular weight excluding hydrogens is 382 g/mol. The number of oxime groups is 1. The molecule has 156 valence electrons. The van der Waals surface area contributed by atoms with E-state index in [2.05, 4.69) is 21.6 Å². The number of benzene rings is 2. The second-order valence-corrected chi connectivity index (χ2v) is 7.54. The highest BCUT2D eigenvalue weighted by molar-refractivity contribution is 5.98. The largest absolute Gasteiger partial charge is 0.489 e. The zero-order valence-electron chi connectivity index (χ0n) is 17.6. The SMILES string of the molecule is CON=C(C)c1ccc(OCc2c(C3CC3)cccc2-n2nnn(C)c2=O)c(C)c1. The van der Waals surface area contributed by atoms with Crippen molar-refractivity contribution in [3.8, 4) is 11.4 Å². The van der Waals surface area contributed by atoms with Crippen LogP contribution >= 0.6 is 0 Å². The first kappa shape index (κ1) is 19.9. The molecule has 0 N–H and O–H groups in total. The van der Waals surface area contributed by atoms with Crippen LogP contribution in [0.15, 0.2) is 46.3 Å². The summed E-state index contributed by atoms with van der Waals surface area (Å²) in [5.41, 5.74) is 5.40. The van der Waals surface area contributed by atoms with Gasteiger partial charge in [-0.1, -0.05) is 17.3 Å². The van der Waals surface area contributed by atoms with E-state index in [0.717, 1.165) is 46.7 Å². The average molecular weight is 407 g/mol. The summed E-state index contributed by atoms with van der Waals surface area (Å²) in [6, 6.07) is 11.9. The van der Waals surface area contributed by atoms with Crippen molar-refractivity contribution < 1.29 is 9.57 Å². The van der Waals surface area contributed by atoms with Gasteiger partial charge in [0.25, 0.3) is 0 Å². The van der Waals surface area contributed by atoms with E-state index in [1.54, 1.807) is 7.05 Å². The summed E-state index contributed by atoms with van der Waals surface area (Å²) in [7, 11) is 3.12. The molecule has 0 saturated heterocycles. The first-order valence-corrected chi connectivity index (χ1v) is 9.92. The van der Waals surface area contributed by atoms with Crippen LogP contribution in [0.25, 0.3) is 5.69 Å². The van der Waals surface area contributed by atoms with Crippen molar-refractivity contribution in [2.24, 2.45) is 12.2 Å². The molecule has 0 amide bonds. The van der Waals surface area contributed by atoms with Crippen molar-refractivity contribution in [2.75, 3.05) is 7.11 Å². The lowest BCUT2D eigenvalue weighted by atomic mass is 10.0. The number of nitrogens with zero attached hydrogens (tertiary/aromatic N) is 5. The number of hydrogen-bond acceptors (Lipinski definition) is 6. The lowest BCUT2D eigenvalue weighted by Gasteiger charge is -2.16. The van der Waals surface area contributed by atoms with E-state index in [4.69, 9.17) is 9.57 Å². The van der Waals surface area contributed by atoms with E-state index in [0.29, 0.717) is 12.5 Å². The summed E-state index contributed by atoms with van der Waals surface area (Å²) in [6.45, 7) is 4.24. The zero-order chi connectivity index (χ0) is 21.3. The molecule has 4 rings (SSSR count). The van der Waals surface area contributed by atoms with E-state index in [1.165, 1.54) is 22.0 Å². The topological polar surface area (TPSA) is 83.5 Å². The second kappa shape index (κ2) is 8.14. The maximum atomic E-state index is 12.4. The minimum absolute atomic E-state index is 0.280. The van der Waals surface area contributed by atoms with Crippen molar-refractivity contribution >= 4 is 5.71 Å². The van der Waals surface area contributed by atoms with Crippen molar-refractivity contribution in [3.63, 3.8) is 0 Å². The predicted octanol–water partition coefficient (Wildman–Crippen LogP) is 3.10. The lowest BCUT2D eigenvalue weighted by Crippen LogP contribution is -2.23. The Morgan fingerprint density at radius 1 is 1.23 bits per heavy atom. The van der Waals surface area contributed by atoms with Crippen LogP contribution in [0.4, 0.5) is 0 Å². The van der Waals surface area contributed by atoms with E-state index in [9.17, 15) is 4.79 Å². The monoisotopic (exact) mass is 407 g/mol. The second-order valence-electron chi connectivity index (χ2n) is 7.54. The first-order valence-electron chi connectivity index (χ1n) is 9.92. The number of tetrazole rings is 1. The van der Waals surface area contributed by atoms with Gasteiger partial charge < -0.3 is 9.57 Å². The Labute approximate surface area is 174 Å². The molecule has 1 aliphatic rings. The van der Waals surface area contributed by atoms with Gasteiger partial charge >= 0.3 is 5.69 Å². The average Bonchev–Trinajstić information content (AvgIpc) is 3.53. The lowest BCUT2D eigenvalue weighted by molar-refractivity contribution is 0.213. The highest BCUT2D eigenvalue weighted by atomic mass is 16.6. The van der Waals surface area contributed by atoms with Gasteiger partial charge in [0.1, 0.15) is 19.5 Å². The van der Waals surface area contributed by atoms with Crippen LogP contribution in [0.5, 0.6) is 5.75 Å². The predicted molar refractivity (Wildman–Crippen MR) is 113 cm³/mol. The fraction of sp³-hybridized carbons (Fsp3) is 0.364. The maximum absolute atomic E-state index is 12.4. The van der Waals surface area contributed by atoms with Crippen molar-refractivity contribution in [3.05, 3.63) is 69.1 Å². The molecular formula is C22H25N5O3. The fourth-order valence-corrected chi connectivity index (χ4v) is 3.57. The summed E-state index contributed by atoms with van der Waals surface area (Å²) in [4.78, 5) is 17.3. The van der Waals surface area contributed by atoms with Gasteiger partial charge in [-0.05, 0) is 84.0 Å². The number of rotatable bonds is 7. The van der Waals surface area contributed by atoms with Crippen LogP contribution in [0.2, 0.25) is 0 Å². The van der Waals surface area contributed by atoms with E-state index in [-0.39, 0.29) is 5.69 Å². The molecule has 1 aliphatic carbocycles. The summed E-state index contributed by atoms with van der Waals surface area (Å²) >= 11 is 0. The van der Waals surface area contributed by atoms with Crippen molar-refractivity contribution in [1.29, 1.82) is 0 Å². The van der Waals surface area contributed by atoms with E-state index < -0.39 is 0 Å². The van der Waals surface area contributed by atoms with Gasteiger partial charge in [0.15, 0.2) is 0 Å². The smallest absolute Gasteiger partial charge is 0.368 e. The molecule has 0 unspecified atom stereocenters. The van der Waals surface area contributed by atoms with Crippen LogP contribution in [0.1, 0.15) is 47.9 Å². The van der Waals surface area contributed by atoms with Crippen LogP contribution in [0, 0.1) is 6.92 Å².